The van der Waals surface area contributed by atoms with Crippen molar-refractivity contribution >= 4 is 23.0 Å². The number of hydrogen-bond acceptors (Lipinski definition) is 4. The first kappa shape index (κ1) is 14.0. The number of nitro groups is 1. The van der Waals surface area contributed by atoms with Gasteiger partial charge in [-0.2, -0.15) is 0 Å². The highest BCUT2D eigenvalue weighted by atomic mass is 35.5. The highest BCUT2D eigenvalue weighted by molar-refractivity contribution is 6.31. The van der Waals surface area contributed by atoms with Gasteiger partial charge in [0.1, 0.15) is 11.5 Å². The molecule has 0 amide bonds. The summed E-state index contributed by atoms with van der Waals surface area (Å²) >= 11 is 5.58. The Kier molecular flexibility index (Phi) is 3.64. The molecule has 7 heteroatoms. The summed E-state index contributed by atoms with van der Waals surface area (Å²) in [7, 11) is 0. The standard InChI is InChI=1S/C12H14ClFN2O3/c1-12(17)3-2-4-15(7-12)10-6-9(14)8(13)5-11(10)16(18)19/h5-6,17H,2-4,7H2,1H3. The molecule has 1 aliphatic heterocycles. The molecule has 1 atom stereocenters. The molecule has 1 N–H and O–H groups in total. The Morgan fingerprint density at radius 2 is 2.26 bits per heavy atom. The number of halogens is 2. The fraction of sp³-hybridized carbons (Fsp3) is 0.500. The van der Waals surface area contributed by atoms with E-state index in [9.17, 15) is 19.6 Å². The molecular formula is C12H14ClFN2O3. The number of nitro benzene ring substituents is 1. The fourth-order valence-electron chi connectivity index (χ4n) is 2.35. The van der Waals surface area contributed by atoms with Gasteiger partial charge in [-0.05, 0) is 19.8 Å². The Morgan fingerprint density at radius 1 is 1.58 bits per heavy atom. The lowest BCUT2D eigenvalue weighted by Crippen LogP contribution is -2.46. The molecule has 1 saturated heterocycles. The summed E-state index contributed by atoms with van der Waals surface area (Å²) in [5.41, 5.74) is -1.02. The number of rotatable bonds is 2. The van der Waals surface area contributed by atoms with E-state index in [2.05, 4.69) is 0 Å². The Hall–Kier alpha value is -1.40. The zero-order valence-electron chi connectivity index (χ0n) is 10.4. The van der Waals surface area contributed by atoms with Crippen molar-refractivity contribution in [3.8, 4) is 0 Å². The summed E-state index contributed by atoms with van der Waals surface area (Å²) in [5, 5.41) is 20.8. The molecule has 0 aromatic heterocycles. The first-order valence-electron chi connectivity index (χ1n) is 5.91. The van der Waals surface area contributed by atoms with Crippen LogP contribution in [0, 0.1) is 15.9 Å². The first-order chi connectivity index (χ1) is 8.80. The summed E-state index contributed by atoms with van der Waals surface area (Å²) < 4.78 is 13.5. The Balaban J connectivity index is 2.43. The number of anilines is 1. The monoisotopic (exact) mass is 288 g/mol. The maximum Gasteiger partial charge on any atom is 0.294 e. The van der Waals surface area contributed by atoms with Crippen molar-refractivity contribution < 1.29 is 14.4 Å². The van der Waals surface area contributed by atoms with Gasteiger partial charge in [-0.1, -0.05) is 11.6 Å². The average Bonchev–Trinajstić information content (AvgIpc) is 2.30. The molecule has 19 heavy (non-hydrogen) atoms. The Morgan fingerprint density at radius 3 is 2.84 bits per heavy atom. The molecule has 1 aromatic rings. The molecule has 0 radical (unpaired) electrons. The van der Waals surface area contributed by atoms with E-state index in [1.807, 2.05) is 0 Å². The lowest BCUT2D eigenvalue weighted by molar-refractivity contribution is -0.384. The molecule has 1 unspecified atom stereocenters. The van der Waals surface area contributed by atoms with Crippen molar-refractivity contribution in [1.82, 2.24) is 0 Å². The van der Waals surface area contributed by atoms with Gasteiger partial charge in [0, 0.05) is 25.2 Å². The van der Waals surface area contributed by atoms with Crippen LogP contribution in [0.1, 0.15) is 19.8 Å². The molecule has 1 aliphatic rings. The minimum atomic E-state index is -0.928. The van der Waals surface area contributed by atoms with Gasteiger partial charge < -0.3 is 10.0 Å². The largest absolute Gasteiger partial charge is 0.388 e. The molecule has 5 nitrogen and oxygen atoms in total. The third-order valence-corrected chi connectivity index (χ3v) is 3.52. The van der Waals surface area contributed by atoms with Crippen molar-refractivity contribution in [2.24, 2.45) is 0 Å². The van der Waals surface area contributed by atoms with Crippen molar-refractivity contribution in [2.45, 2.75) is 25.4 Å². The maximum atomic E-state index is 13.5. The topological polar surface area (TPSA) is 66.6 Å². The van der Waals surface area contributed by atoms with E-state index in [0.29, 0.717) is 19.4 Å². The van der Waals surface area contributed by atoms with Gasteiger partial charge in [0.15, 0.2) is 0 Å². The van der Waals surface area contributed by atoms with Crippen LogP contribution in [0.2, 0.25) is 5.02 Å². The van der Waals surface area contributed by atoms with E-state index < -0.39 is 16.3 Å². The normalized spacial score (nSPS) is 23.5. The predicted octanol–water partition coefficient (Wildman–Crippen LogP) is 2.74. The lowest BCUT2D eigenvalue weighted by atomic mass is 9.94. The quantitative estimate of drug-likeness (QED) is 0.671. The van der Waals surface area contributed by atoms with Crippen LogP contribution >= 0.6 is 11.6 Å². The van der Waals surface area contributed by atoms with Crippen LogP contribution in [0.5, 0.6) is 0 Å². The smallest absolute Gasteiger partial charge is 0.294 e. The second-order valence-corrected chi connectivity index (χ2v) is 5.44. The SMILES string of the molecule is CC1(O)CCCN(c2cc(F)c(Cl)cc2[N+](=O)[O-])C1. The van der Waals surface area contributed by atoms with E-state index in [4.69, 9.17) is 11.6 Å². The van der Waals surface area contributed by atoms with E-state index in [-0.39, 0.29) is 22.9 Å². The van der Waals surface area contributed by atoms with Crippen molar-refractivity contribution in [2.75, 3.05) is 18.0 Å². The number of aliphatic hydroxyl groups is 1. The number of β-amino-alcohol motifs (C(OH)–C–C–N with tert-alkyl or cyclic N) is 1. The molecule has 1 aromatic carbocycles. The van der Waals surface area contributed by atoms with E-state index >= 15 is 0 Å². The van der Waals surface area contributed by atoms with Gasteiger partial charge in [-0.15, -0.1) is 0 Å². The Labute approximate surface area is 114 Å². The van der Waals surface area contributed by atoms with Gasteiger partial charge >= 0.3 is 0 Å². The third kappa shape index (κ3) is 2.96. The van der Waals surface area contributed by atoms with Crippen LogP contribution < -0.4 is 4.90 Å². The fourth-order valence-corrected chi connectivity index (χ4v) is 2.51. The van der Waals surface area contributed by atoms with Crippen molar-refractivity contribution in [3.05, 3.63) is 33.1 Å². The summed E-state index contributed by atoms with van der Waals surface area (Å²) in [4.78, 5) is 12.1. The zero-order chi connectivity index (χ0) is 14.2. The molecule has 0 bridgehead atoms. The predicted molar refractivity (Wildman–Crippen MR) is 70.1 cm³/mol. The van der Waals surface area contributed by atoms with Gasteiger partial charge in [-0.3, -0.25) is 10.1 Å². The van der Waals surface area contributed by atoms with Crippen LogP contribution in [-0.2, 0) is 0 Å². The van der Waals surface area contributed by atoms with Gasteiger partial charge in [0.05, 0.1) is 15.5 Å². The molecular weight excluding hydrogens is 275 g/mol. The molecule has 104 valence electrons. The van der Waals surface area contributed by atoms with Crippen LogP contribution in [0.3, 0.4) is 0 Å². The summed E-state index contributed by atoms with van der Waals surface area (Å²) in [6, 6.07) is 2.07. The number of piperidine rings is 1. The maximum absolute atomic E-state index is 13.5. The minimum absolute atomic E-state index is 0.159. The molecule has 0 aliphatic carbocycles. The molecule has 2 rings (SSSR count). The second kappa shape index (κ2) is 4.94. The molecule has 0 saturated carbocycles. The van der Waals surface area contributed by atoms with Gasteiger partial charge in [0.25, 0.3) is 5.69 Å². The molecule has 1 heterocycles. The van der Waals surface area contributed by atoms with E-state index in [0.717, 1.165) is 12.1 Å². The average molecular weight is 289 g/mol. The minimum Gasteiger partial charge on any atom is -0.388 e. The molecule has 0 spiro atoms. The Bertz CT molecular complexity index is 522. The van der Waals surface area contributed by atoms with Crippen molar-refractivity contribution in [1.29, 1.82) is 0 Å². The van der Waals surface area contributed by atoms with Crippen molar-refractivity contribution in [3.63, 3.8) is 0 Å². The first-order valence-corrected chi connectivity index (χ1v) is 6.29. The second-order valence-electron chi connectivity index (χ2n) is 5.03. The zero-order valence-corrected chi connectivity index (χ0v) is 11.2. The lowest BCUT2D eigenvalue weighted by Gasteiger charge is -2.37. The van der Waals surface area contributed by atoms with E-state index in [1.54, 1.807) is 11.8 Å². The van der Waals surface area contributed by atoms with Gasteiger partial charge in [-0.25, -0.2) is 4.39 Å². The summed E-state index contributed by atoms with van der Waals surface area (Å²) in [6.45, 7) is 2.43. The van der Waals surface area contributed by atoms with Crippen LogP contribution in [0.25, 0.3) is 0 Å². The number of nitrogens with zero attached hydrogens (tertiary/aromatic N) is 2. The summed E-state index contributed by atoms with van der Waals surface area (Å²) in [5.74, 6) is -0.701. The van der Waals surface area contributed by atoms with Crippen LogP contribution in [0.4, 0.5) is 15.8 Å². The van der Waals surface area contributed by atoms with Crippen LogP contribution in [-0.4, -0.2) is 28.7 Å². The number of benzene rings is 1. The van der Waals surface area contributed by atoms with Crippen LogP contribution in [0.15, 0.2) is 12.1 Å². The third-order valence-electron chi connectivity index (χ3n) is 3.23. The highest BCUT2D eigenvalue weighted by Gasteiger charge is 2.32. The molecule has 1 fully saturated rings. The number of hydrogen-bond donors (Lipinski definition) is 1. The summed E-state index contributed by atoms with van der Waals surface area (Å²) in [6.07, 6.45) is 1.31. The van der Waals surface area contributed by atoms with E-state index in [1.165, 1.54) is 0 Å². The van der Waals surface area contributed by atoms with Gasteiger partial charge in [0.2, 0.25) is 0 Å². The highest BCUT2D eigenvalue weighted by Crippen LogP contribution is 2.35.